The first kappa shape index (κ1) is 12.4. The largest absolute Gasteiger partial charge is 0.305 e. The average molecular weight is 292 g/mol. The molecule has 2 aromatic heterocycles. The number of thiophene rings is 2. The standard InChI is InChI=1S/C11H11Cl2NS2/c1-7(10-2-3-11(13)16-10)14-5-9-4-8(12)6-15-9/h2-4,6-7,14H,5H2,1H3. The van der Waals surface area contributed by atoms with E-state index in [2.05, 4.69) is 18.3 Å². The molecular weight excluding hydrogens is 281 g/mol. The van der Waals surface area contributed by atoms with Crippen molar-refractivity contribution in [2.24, 2.45) is 0 Å². The van der Waals surface area contributed by atoms with Gasteiger partial charge in [-0.05, 0) is 25.1 Å². The summed E-state index contributed by atoms with van der Waals surface area (Å²) >= 11 is 15.1. The van der Waals surface area contributed by atoms with Gasteiger partial charge in [-0.25, -0.2) is 0 Å². The van der Waals surface area contributed by atoms with Gasteiger partial charge in [0.1, 0.15) is 0 Å². The van der Waals surface area contributed by atoms with Crippen molar-refractivity contribution in [2.75, 3.05) is 0 Å². The smallest absolute Gasteiger partial charge is 0.0931 e. The fraction of sp³-hybridized carbons (Fsp3) is 0.273. The summed E-state index contributed by atoms with van der Waals surface area (Å²) in [5, 5.41) is 6.21. The van der Waals surface area contributed by atoms with E-state index in [-0.39, 0.29) is 0 Å². The van der Waals surface area contributed by atoms with Crippen molar-refractivity contribution in [2.45, 2.75) is 19.5 Å². The molecule has 0 radical (unpaired) electrons. The van der Waals surface area contributed by atoms with Crippen molar-refractivity contribution < 1.29 is 0 Å². The van der Waals surface area contributed by atoms with E-state index in [0.29, 0.717) is 6.04 Å². The Morgan fingerprint density at radius 3 is 2.75 bits per heavy atom. The Morgan fingerprint density at radius 2 is 2.19 bits per heavy atom. The van der Waals surface area contributed by atoms with Crippen LogP contribution >= 0.6 is 45.9 Å². The minimum absolute atomic E-state index is 0.318. The lowest BCUT2D eigenvalue weighted by atomic mass is 10.3. The lowest BCUT2D eigenvalue weighted by molar-refractivity contribution is 0.587. The Kier molecular flexibility index (Phi) is 4.27. The van der Waals surface area contributed by atoms with Crippen LogP contribution < -0.4 is 5.32 Å². The second-order valence-electron chi connectivity index (χ2n) is 3.48. The van der Waals surface area contributed by atoms with Crippen LogP contribution in [0, 0.1) is 0 Å². The van der Waals surface area contributed by atoms with Crippen molar-refractivity contribution in [1.82, 2.24) is 5.32 Å². The molecule has 2 heterocycles. The quantitative estimate of drug-likeness (QED) is 0.839. The molecule has 2 aromatic rings. The van der Waals surface area contributed by atoms with E-state index in [0.717, 1.165) is 15.9 Å². The molecule has 0 spiro atoms. The average Bonchev–Trinajstić information content (AvgIpc) is 2.84. The van der Waals surface area contributed by atoms with E-state index in [4.69, 9.17) is 23.2 Å². The molecule has 0 amide bonds. The fourth-order valence-corrected chi connectivity index (χ4v) is 3.47. The van der Waals surface area contributed by atoms with Crippen LogP contribution in [0.2, 0.25) is 9.36 Å². The van der Waals surface area contributed by atoms with Crippen molar-refractivity contribution >= 4 is 45.9 Å². The molecule has 0 fully saturated rings. The first-order valence-corrected chi connectivity index (χ1v) is 7.32. The molecule has 0 aliphatic rings. The summed E-state index contributed by atoms with van der Waals surface area (Å²) in [5.41, 5.74) is 0. The van der Waals surface area contributed by atoms with E-state index in [1.54, 1.807) is 22.7 Å². The van der Waals surface area contributed by atoms with Gasteiger partial charge in [0.25, 0.3) is 0 Å². The van der Waals surface area contributed by atoms with Crippen LogP contribution in [-0.4, -0.2) is 0 Å². The number of hydrogen-bond donors (Lipinski definition) is 1. The summed E-state index contributed by atoms with van der Waals surface area (Å²) in [6, 6.07) is 6.31. The van der Waals surface area contributed by atoms with Crippen molar-refractivity contribution in [3.63, 3.8) is 0 Å². The van der Waals surface area contributed by atoms with Crippen molar-refractivity contribution in [3.8, 4) is 0 Å². The second kappa shape index (κ2) is 5.52. The first-order valence-electron chi connectivity index (χ1n) is 4.86. The van der Waals surface area contributed by atoms with Crippen LogP contribution in [0.1, 0.15) is 22.7 Å². The van der Waals surface area contributed by atoms with Crippen LogP contribution in [-0.2, 0) is 6.54 Å². The van der Waals surface area contributed by atoms with E-state index in [1.807, 2.05) is 17.5 Å². The van der Waals surface area contributed by atoms with Gasteiger partial charge < -0.3 is 5.32 Å². The maximum atomic E-state index is 5.90. The van der Waals surface area contributed by atoms with Gasteiger partial charge >= 0.3 is 0 Å². The lowest BCUT2D eigenvalue weighted by Gasteiger charge is -2.10. The fourth-order valence-electron chi connectivity index (χ4n) is 1.36. The zero-order chi connectivity index (χ0) is 11.5. The minimum atomic E-state index is 0.318. The van der Waals surface area contributed by atoms with Gasteiger partial charge in [-0.2, -0.15) is 0 Å². The molecule has 1 nitrogen and oxygen atoms in total. The third-order valence-corrected chi connectivity index (χ3v) is 4.92. The number of rotatable bonds is 4. The normalized spacial score (nSPS) is 12.9. The third-order valence-electron chi connectivity index (χ3n) is 2.23. The molecule has 0 saturated heterocycles. The Labute approximate surface area is 113 Å². The lowest BCUT2D eigenvalue weighted by Crippen LogP contribution is -2.16. The molecule has 0 aromatic carbocycles. The molecule has 2 rings (SSSR count). The van der Waals surface area contributed by atoms with Gasteiger partial charge in [0.2, 0.25) is 0 Å². The monoisotopic (exact) mass is 291 g/mol. The summed E-state index contributed by atoms with van der Waals surface area (Å²) < 4.78 is 0.836. The van der Waals surface area contributed by atoms with Gasteiger partial charge in [0.15, 0.2) is 0 Å². The number of nitrogens with one attached hydrogen (secondary N) is 1. The number of halogens is 2. The van der Waals surface area contributed by atoms with Crippen LogP contribution in [0.5, 0.6) is 0 Å². The highest BCUT2D eigenvalue weighted by molar-refractivity contribution is 7.16. The maximum Gasteiger partial charge on any atom is 0.0931 e. The van der Waals surface area contributed by atoms with Gasteiger partial charge in [0, 0.05) is 27.7 Å². The predicted octanol–water partition coefficient (Wildman–Crippen LogP) is 4.97. The van der Waals surface area contributed by atoms with Crippen molar-refractivity contribution in [3.05, 3.63) is 42.7 Å². The SMILES string of the molecule is CC(NCc1cc(Cl)cs1)c1ccc(Cl)s1. The summed E-state index contributed by atoms with van der Waals surface area (Å²) in [6.07, 6.45) is 0. The van der Waals surface area contributed by atoms with E-state index in [9.17, 15) is 0 Å². The maximum absolute atomic E-state index is 5.90. The number of hydrogen-bond acceptors (Lipinski definition) is 3. The highest BCUT2D eigenvalue weighted by atomic mass is 35.5. The Bertz CT molecular complexity index is 464. The molecule has 0 aliphatic heterocycles. The highest BCUT2D eigenvalue weighted by Crippen LogP contribution is 2.27. The molecule has 1 atom stereocenters. The molecule has 1 N–H and O–H groups in total. The molecule has 0 bridgehead atoms. The van der Waals surface area contributed by atoms with Crippen LogP contribution in [0.25, 0.3) is 0 Å². The summed E-state index contributed by atoms with van der Waals surface area (Å²) in [5.74, 6) is 0. The Hall–Kier alpha value is -0.0600. The molecular formula is C11H11Cl2NS2. The van der Waals surface area contributed by atoms with Crippen LogP contribution in [0.4, 0.5) is 0 Å². The summed E-state index contributed by atoms with van der Waals surface area (Å²) in [6.45, 7) is 2.98. The second-order valence-corrected chi connectivity index (χ2v) is 6.65. The summed E-state index contributed by atoms with van der Waals surface area (Å²) in [7, 11) is 0. The van der Waals surface area contributed by atoms with E-state index in [1.165, 1.54) is 9.75 Å². The van der Waals surface area contributed by atoms with Crippen LogP contribution in [0.3, 0.4) is 0 Å². The molecule has 0 aliphatic carbocycles. The highest BCUT2D eigenvalue weighted by Gasteiger charge is 2.08. The van der Waals surface area contributed by atoms with Crippen molar-refractivity contribution in [1.29, 1.82) is 0 Å². The van der Waals surface area contributed by atoms with E-state index >= 15 is 0 Å². The molecule has 5 heteroatoms. The topological polar surface area (TPSA) is 12.0 Å². The minimum Gasteiger partial charge on any atom is -0.305 e. The van der Waals surface area contributed by atoms with Gasteiger partial charge in [-0.1, -0.05) is 23.2 Å². The Balaban J connectivity index is 1.91. The van der Waals surface area contributed by atoms with E-state index < -0.39 is 0 Å². The van der Waals surface area contributed by atoms with Gasteiger partial charge in [-0.15, -0.1) is 22.7 Å². The predicted molar refractivity (Wildman–Crippen MR) is 73.9 cm³/mol. The zero-order valence-electron chi connectivity index (χ0n) is 8.67. The van der Waals surface area contributed by atoms with Crippen LogP contribution in [0.15, 0.2) is 23.6 Å². The summed E-state index contributed by atoms with van der Waals surface area (Å²) in [4.78, 5) is 2.51. The zero-order valence-corrected chi connectivity index (χ0v) is 11.8. The Morgan fingerprint density at radius 1 is 1.38 bits per heavy atom. The molecule has 1 unspecified atom stereocenters. The first-order chi connectivity index (χ1) is 7.65. The van der Waals surface area contributed by atoms with Gasteiger partial charge in [-0.3, -0.25) is 0 Å². The molecule has 16 heavy (non-hydrogen) atoms. The molecule has 86 valence electrons. The van der Waals surface area contributed by atoms with Gasteiger partial charge in [0.05, 0.1) is 9.36 Å². The molecule has 0 saturated carbocycles. The third kappa shape index (κ3) is 3.22.